The third kappa shape index (κ3) is 2.49. The van der Waals surface area contributed by atoms with E-state index in [4.69, 9.17) is 0 Å². The molecule has 2 heterocycles. The van der Waals surface area contributed by atoms with E-state index in [1.165, 1.54) is 26.0 Å². The van der Waals surface area contributed by atoms with Gasteiger partial charge >= 0.3 is 5.97 Å². The molecule has 2 aliphatic heterocycles. The molecule has 2 fully saturated rings. The van der Waals surface area contributed by atoms with Crippen molar-refractivity contribution < 1.29 is 28.2 Å². The Morgan fingerprint density at radius 2 is 1.88 bits per heavy atom. The topological polar surface area (TPSA) is 124 Å². The first kappa shape index (κ1) is 17.7. The van der Waals surface area contributed by atoms with E-state index in [-0.39, 0.29) is 12.3 Å². The van der Waals surface area contributed by atoms with Crippen LogP contribution >= 0.6 is 0 Å². The highest BCUT2D eigenvalue weighted by Gasteiger charge is 2.71. The fourth-order valence-corrected chi connectivity index (χ4v) is 5.90. The summed E-state index contributed by atoms with van der Waals surface area (Å²) in [5, 5.41) is 20.5. The number of aromatic hydroxyl groups is 1. The average molecular weight is 368 g/mol. The van der Waals surface area contributed by atoms with E-state index in [1.54, 1.807) is 12.1 Å². The number of carboxylic acids is 1. The van der Waals surface area contributed by atoms with Crippen LogP contribution in [0.3, 0.4) is 0 Å². The number of phenolic OH excluding ortho intramolecular Hbond substituents is 1. The first-order valence-corrected chi connectivity index (χ1v) is 9.40. The summed E-state index contributed by atoms with van der Waals surface area (Å²) in [5.41, 5.74) is 0.874. The number of fused-ring (bicyclic) bond motifs is 1. The number of carboxylic acid groups (broad SMARTS) is 1. The van der Waals surface area contributed by atoms with Crippen LogP contribution in [-0.2, 0) is 26.0 Å². The minimum Gasteiger partial charge on any atom is -0.508 e. The SMILES string of the molecule is CC1(C)[C@H](C(=O)O)N2C(=O)[C@H](CNCc3ccc(O)cc3)[C@H]2S1(=O)=O. The second-order valence-corrected chi connectivity index (χ2v) is 9.55. The van der Waals surface area contributed by atoms with Crippen molar-refractivity contribution in [3.05, 3.63) is 29.8 Å². The van der Waals surface area contributed by atoms with Crippen LogP contribution in [0.15, 0.2) is 24.3 Å². The van der Waals surface area contributed by atoms with Gasteiger partial charge in [-0.05, 0) is 31.5 Å². The summed E-state index contributed by atoms with van der Waals surface area (Å²) in [4.78, 5) is 24.8. The molecular weight excluding hydrogens is 348 g/mol. The van der Waals surface area contributed by atoms with E-state index in [9.17, 15) is 28.2 Å². The Labute approximate surface area is 145 Å². The van der Waals surface area contributed by atoms with Crippen LogP contribution in [0.25, 0.3) is 0 Å². The van der Waals surface area contributed by atoms with E-state index in [0.717, 1.165) is 10.5 Å². The molecule has 136 valence electrons. The van der Waals surface area contributed by atoms with E-state index < -0.39 is 43.8 Å². The lowest BCUT2D eigenvalue weighted by molar-refractivity contribution is -0.163. The van der Waals surface area contributed by atoms with Crippen molar-refractivity contribution in [1.82, 2.24) is 10.2 Å². The molecule has 2 aliphatic rings. The molecule has 0 bridgehead atoms. The average Bonchev–Trinajstić information content (AvgIpc) is 2.67. The van der Waals surface area contributed by atoms with Gasteiger partial charge in [0.05, 0.1) is 10.7 Å². The Morgan fingerprint density at radius 3 is 2.44 bits per heavy atom. The molecule has 0 radical (unpaired) electrons. The summed E-state index contributed by atoms with van der Waals surface area (Å²) in [7, 11) is -3.79. The number of rotatable bonds is 5. The Morgan fingerprint density at radius 1 is 1.28 bits per heavy atom. The van der Waals surface area contributed by atoms with Crippen LogP contribution in [0.2, 0.25) is 0 Å². The monoisotopic (exact) mass is 368 g/mol. The summed E-state index contributed by atoms with van der Waals surface area (Å²) in [6, 6.07) is 5.15. The molecule has 2 saturated heterocycles. The van der Waals surface area contributed by atoms with Crippen LogP contribution in [0.5, 0.6) is 5.75 Å². The van der Waals surface area contributed by atoms with Crippen molar-refractivity contribution in [3.8, 4) is 5.75 Å². The Bertz CT molecular complexity index is 818. The van der Waals surface area contributed by atoms with Gasteiger partial charge in [-0.15, -0.1) is 0 Å². The molecule has 0 unspecified atom stereocenters. The first-order valence-electron chi connectivity index (χ1n) is 7.86. The molecule has 0 aromatic heterocycles. The number of hydrogen-bond acceptors (Lipinski definition) is 6. The van der Waals surface area contributed by atoms with Crippen molar-refractivity contribution in [3.63, 3.8) is 0 Å². The van der Waals surface area contributed by atoms with Crippen LogP contribution < -0.4 is 5.32 Å². The minimum absolute atomic E-state index is 0.141. The molecule has 0 saturated carbocycles. The number of amides is 1. The second-order valence-electron chi connectivity index (χ2n) is 6.93. The Kier molecular flexibility index (Phi) is 4.03. The van der Waals surface area contributed by atoms with Crippen molar-refractivity contribution in [2.45, 2.75) is 36.6 Å². The second kappa shape index (κ2) is 5.70. The molecule has 3 N–H and O–H groups in total. The van der Waals surface area contributed by atoms with E-state index in [1.807, 2.05) is 0 Å². The van der Waals surface area contributed by atoms with Gasteiger partial charge in [-0.3, -0.25) is 4.79 Å². The zero-order chi connectivity index (χ0) is 18.6. The molecule has 3 rings (SSSR count). The number of nitrogens with zero attached hydrogens (tertiary/aromatic N) is 1. The Balaban J connectivity index is 1.72. The molecule has 25 heavy (non-hydrogen) atoms. The van der Waals surface area contributed by atoms with Gasteiger partial charge < -0.3 is 20.4 Å². The maximum Gasteiger partial charge on any atom is 0.328 e. The standard InChI is InChI=1S/C16H20N2O6S/c1-16(2)12(15(21)22)18-13(20)11(14(18)25(16,23)24)8-17-7-9-3-5-10(19)6-4-9/h3-6,11-12,14,17,19H,7-8H2,1-2H3,(H,21,22)/t11-,12-,14+/m0/s1. The largest absolute Gasteiger partial charge is 0.508 e. The van der Waals surface area contributed by atoms with Crippen LogP contribution in [0, 0.1) is 5.92 Å². The molecule has 1 aromatic carbocycles. The highest BCUT2D eigenvalue weighted by molar-refractivity contribution is 7.93. The number of phenols is 1. The maximum absolute atomic E-state index is 12.7. The lowest BCUT2D eigenvalue weighted by Crippen LogP contribution is -2.65. The third-order valence-corrected chi connectivity index (χ3v) is 7.92. The van der Waals surface area contributed by atoms with E-state index >= 15 is 0 Å². The lowest BCUT2D eigenvalue weighted by Gasteiger charge is -2.42. The van der Waals surface area contributed by atoms with Crippen LogP contribution in [0.4, 0.5) is 0 Å². The van der Waals surface area contributed by atoms with E-state index in [2.05, 4.69) is 5.32 Å². The lowest BCUT2D eigenvalue weighted by atomic mass is 9.91. The molecular formula is C16H20N2O6S. The molecule has 8 nitrogen and oxygen atoms in total. The van der Waals surface area contributed by atoms with Crippen molar-refractivity contribution >= 4 is 21.7 Å². The van der Waals surface area contributed by atoms with E-state index in [0.29, 0.717) is 6.54 Å². The summed E-state index contributed by atoms with van der Waals surface area (Å²) in [6.45, 7) is 3.26. The number of β-lactam (4-membered cyclic amide) rings is 1. The van der Waals surface area contributed by atoms with Crippen molar-refractivity contribution in [1.29, 1.82) is 0 Å². The summed E-state index contributed by atoms with van der Waals surface area (Å²) in [5.74, 6) is -2.40. The van der Waals surface area contributed by atoms with Gasteiger partial charge in [-0.2, -0.15) is 0 Å². The van der Waals surface area contributed by atoms with Crippen molar-refractivity contribution in [2.24, 2.45) is 5.92 Å². The first-order chi connectivity index (χ1) is 11.6. The van der Waals surface area contributed by atoms with Gasteiger partial charge in [0.2, 0.25) is 5.91 Å². The van der Waals surface area contributed by atoms with Gasteiger partial charge in [0, 0.05) is 13.1 Å². The number of carbonyl (C=O) groups excluding carboxylic acids is 1. The predicted octanol–water partition coefficient (Wildman–Crippen LogP) is -0.0735. The number of nitrogens with one attached hydrogen (secondary N) is 1. The van der Waals surface area contributed by atoms with Gasteiger partial charge in [0.1, 0.15) is 17.2 Å². The molecule has 0 spiro atoms. The van der Waals surface area contributed by atoms with Gasteiger partial charge in [0.25, 0.3) is 0 Å². The number of sulfone groups is 1. The summed E-state index contributed by atoms with van der Waals surface area (Å²) < 4.78 is 23.9. The van der Waals surface area contributed by atoms with Gasteiger partial charge in [-0.25, -0.2) is 13.2 Å². The van der Waals surface area contributed by atoms with Gasteiger partial charge in [0.15, 0.2) is 9.84 Å². The highest BCUT2D eigenvalue weighted by atomic mass is 32.2. The molecule has 1 aromatic rings. The van der Waals surface area contributed by atoms with Crippen LogP contribution in [0.1, 0.15) is 19.4 Å². The number of aliphatic carboxylic acids is 1. The predicted molar refractivity (Wildman–Crippen MR) is 88.4 cm³/mol. The third-order valence-electron chi connectivity index (χ3n) is 5.04. The maximum atomic E-state index is 12.7. The number of carbonyl (C=O) groups is 2. The fourth-order valence-electron chi connectivity index (χ4n) is 3.58. The number of benzene rings is 1. The zero-order valence-electron chi connectivity index (χ0n) is 13.8. The molecule has 0 aliphatic carbocycles. The fraction of sp³-hybridized carbons (Fsp3) is 0.500. The van der Waals surface area contributed by atoms with Crippen molar-refractivity contribution in [2.75, 3.05) is 6.54 Å². The van der Waals surface area contributed by atoms with Crippen LogP contribution in [-0.4, -0.2) is 58.1 Å². The molecule has 1 amide bonds. The minimum atomic E-state index is -3.79. The summed E-state index contributed by atoms with van der Waals surface area (Å²) in [6.07, 6.45) is 0. The van der Waals surface area contributed by atoms with Gasteiger partial charge in [-0.1, -0.05) is 12.1 Å². The highest BCUT2D eigenvalue weighted by Crippen LogP contribution is 2.48. The quantitative estimate of drug-likeness (QED) is 0.621. The Hall–Kier alpha value is -2.13. The molecule has 3 atom stereocenters. The summed E-state index contributed by atoms with van der Waals surface area (Å²) >= 11 is 0. The zero-order valence-corrected chi connectivity index (χ0v) is 14.7. The normalized spacial score (nSPS) is 29.1. The molecule has 9 heteroatoms. The number of hydrogen-bond donors (Lipinski definition) is 3. The smallest absolute Gasteiger partial charge is 0.328 e.